The van der Waals surface area contributed by atoms with Crippen LogP contribution in [0.5, 0.6) is 0 Å². The monoisotopic (exact) mass is 393 g/mol. The molecule has 0 unspecified atom stereocenters. The molecule has 0 saturated carbocycles. The van der Waals surface area contributed by atoms with E-state index in [1.807, 2.05) is 34.9 Å². The summed E-state index contributed by atoms with van der Waals surface area (Å²) in [7, 11) is 0. The van der Waals surface area contributed by atoms with Crippen LogP contribution in [-0.2, 0) is 0 Å². The van der Waals surface area contributed by atoms with Gasteiger partial charge in [-0.2, -0.15) is 0 Å². The molecule has 1 nitrogen and oxygen atoms in total. The van der Waals surface area contributed by atoms with Gasteiger partial charge in [0.15, 0.2) is 0 Å². The van der Waals surface area contributed by atoms with Gasteiger partial charge in [-0.15, -0.1) is 22.7 Å². The van der Waals surface area contributed by atoms with Gasteiger partial charge in [-0.05, 0) is 35.4 Å². The van der Waals surface area contributed by atoms with Crippen molar-refractivity contribution in [3.8, 4) is 22.4 Å². The summed E-state index contributed by atoms with van der Waals surface area (Å²) in [5, 5.41) is 4.12. The Labute approximate surface area is 170 Å². The molecule has 0 spiro atoms. The van der Waals surface area contributed by atoms with Crippen molar-refractivity contribution >= 4 is 52.2 Å². The molecule has 0 amide bonds. The third-order valence-electron chi connectivity index (χ3n) is 5.18. The van der Waals surface area contributed by atoms with Crippen LogP contribution in [0.4, 0.5) is 0 Å². The van der Waals surface area contributed by atoms with Crippen LogP contribution in [0.2, 0.25) is 0 Å². The van der Waals surface area contributed by atoms with Crippen LogP contribution in [0, 0.1) is 0 Å². The number of aromatic nitrogens is 1. The highest BCUT2D eigenvalue weighted by Crippen LogP contribution is 2.44. The van der Waals surface area contributed by atoms with Gasteiger partial charge in [0.25, 0.3) is 0 Å². The van der Waals surface area contributed by atoms with Crippen molar-refractivity contribution in [1.29, 1.82) is 0 Å². The maximum absolute atomic E-state index is 4.64. The predicted octanol–water partition coefficient (Wildman–Crippen LogP) is 8.00. The number of benzene rings is 3. The van der Waals surface area contributed by atoms with Crippen LogP contribution < -0.4 is 0 Å². The largest absolute Gasteiger partial charge is 0.256 e. The number of pyridine rings is 1. The fourth-order valence-electron chi connectivity index (χ4n) is 3.82. The zero-order valence-electron chi connectivity index (χ0n) is 14.9. The van der Waals surface area contributed by atoms with Crippen molar-refractivity contribution in [3.05, 3.63) is 91.1 Å². The summed E-state index contributed by atoms with van der Waals surface area (Å²) >= 11 is 3.78. The topological polar surface area (TPSA) is 12.9 Å². The van der Waals surface area contributed by atoms with Gasteiger partial charge >= 0.3 is 0 Å². The normalized spacial score (nSPS) is 11.6. The Balaban J connectivity index is 1.51. The van der Waals surface area contributed by atoms with Gasteiger partial charge in [-0.25, -0.2) is 0 Å². The van der Waals surface area contributed by atoms with Crippen LogP contribution in [0.3, 0.4) is 0 Å². The minimum absolute atomic E-state index is 1.02. The molecule has 6 aromatic rings. The molecule has 0 N–H and O–H groups in total. The molecule has 3 aromatic heterocycles. The second kappa shape index (κ2) is 6.26. The van der Waals surface area contributed by atoms with Crippen molar-refractivity contribution in [2.45, 2.75) is 0 Å². The Morgan fingerprint density at radius 2 is 1.36 bits per heavy atom. The average molecular weight is 394 g/mol. The quantitative estimate of drug-likeness (QED) is 0.290. The second-order valence-corrected chi connectivity index (χ2v) is 9.23. The molecule has 0 fully saturated rings. The van der Waals surface area contributed by atoms with Crippen LogP contribution in [0.15, 0.2) is 91.1 Å². The Bertz CT molecular complexity index is 1460. The lowest BCUT2D eigenvalue weighted by Gasteiger charge is -2.05. The fraction of sp³-hybridized carbons (Fsp3) is 0. The first-order valence-corrected chi connectivity index (χ1v) is 10.9. The molecule has 0 atom stereocenters. The Morgan fingerprint density at radius 1 is 0.571 bits per heavy atom. The zero-order valence-corrected chi connectivity index (χ0v) is 16.6. The lowest BCUT2D eigenvalue weighted by Crippen LogP contribution is -1.85. The van der Waals surface area contributed by atoms with Gasteiger partial charge in [0, 0.05) is 37.3 Å². The third kappa shape index (κ3) is 2.48. The number of fused-ring (bicyclic) bond motifs is 5. The van der Waals surface area contributed by atoms with Gasteiger partial charge in [0.05, 0.1) is 9.71 Å². The van der Waals surface area contributed by atoms with E-state index in [2.05, 4.69) is 83.8 Å². The van der Waals surface area contributed by atoms with Crippen LogP contribution in [0.1, 0.15) is 0 Å². The lowest BCUT2D eigenvalue weighted by molar-refractivity contribution is 1.33. The summed E-state index contributed by atoms with van der Waals surface area (Å²) in [5.74, 6) is 0. The predicted molar refractivity (Wildman–Crippen MR) is 123 cm³/mol. The van der Waals surface area contributed by atoms with Crippen molar-refractivity contribution in [3.63, 3.8) is 0 Å². The SMILES string of the molecule is c1ccc(-c2ccnc(-c3ccc4c(c3)sc3sc5ccccc5c34)c2)cc1. The van der Waals surface area contributed by atoms with Crippen molar-refractivity contribution in [2.24, 2.45) is 0 Å². The number of nitrogens with zero attached hydrogens (tertiary/aromatic N) is 1. The van der Waals surface area contributed by atoms with Crippen molar-refractivity contribution in [1.82, 2.24) is 4.98 Å². The molecule has 0 radical (unpaired) electrons. The van der Waals surface area contributed by atoms with Crippen LogP contribution in [-0.4, -0.2) is 4.98 Å². The van der Waals surface area contributed by atoms with Gasteiger partial charge in [0.1, 0.15) is 0 Å². The highest BCUT2D eigenvalue weighted by Gasteiger charge is 2.13. The third-order valence-corrected chi connectivity index (χ3v) is 7.59. The molecule has 0 aliphatic heterocycles. The molecule has 6 rings (SSSR count). The summed E-state index contributed by atoms with van der Waals surface area (Å²) < 4.78 is 4.10. The van der Waals surface area contributed by atoms with Gasteiger partial charge in [-0.3, -0.25) is 4.98 Å². The Kier molecular flexibility index (Phi) is 3.58. The average Bonchev–Trinajstić information content (AvgIpc) is 3.29. The summed E-state index contributed by atoms with van der Waals surface area (Å²) in [4.78, 5) is 4.64. The highest BCUT2D eigenvalue weighted by molar-refractivity contribution is 7.44. The Morgan fingerprint density at radius 3 is 2.29 bits per heavy atom. The van der Waals surface area contributed by atoms with E-state index in [0.717, 1.165) is 5.69 Å². The van der Waals surface area contributed by atoms with E-state index in [4.69, 9.17) is 0 Å². The summed E-state index contributed by atoms with van der Waals surface area (Å²) in [5.41, 5.74) is 4.60. The van der Waals surface area contributed by atoms with E-state index in [-0.39, 0.29) is 0 Å². The first kappa shape index (κ1) is 16.0. The minimum atomic E-state index is 1.02. The summed E-state index contributed by atoms with van der Waals surface area (Å²) in [6, 6.07) is 30.2. The molecule has 0 aliphatic carbocycles. The molecular weight excluding hydrogens is 378 g/mol. The molecule has 132 valence electrons. The zero-order chi connectivity index (χ0) is 18.5. The fourth-order valence-corrected chi connectivity index (χ4v) is 6.46. The van der Waals surface area contributed by atoms with Gasteiger partial charge in [0.2, 0.25) is 0 Å². The maximum Gasteiger partial charge on any atom is 0.0890 e. The van der Waals surface area contributed by atoms with Crippen molar-refractivity contribution < 1.29 is 0 Å². The molecule has 0 aliphatic rings. The molecular formula is C25H15NS2. The second-order valence-electron chi connectivity index (χ2n) is 6.87. The summed E-state index contributed by atoms with van der Waals surface area (Å²) in [6.07, 6.45) is 1.91. The summed E-state index contributed by atoms with van der Waals surface area (Å²) in [6.45, 7) is 0. The number of hydrogen-bond acceptors (Lipinski definition) is 3. The van der Waals surface area contributed by atoms with Gasteiger partial charge < -0.3 is 0 Å². The Hall–Kier alpha value is -3.01. The number of rotatable bonds is 2. The van der Waals surface area contributed by atoms with E-state index in [9.17, 15) is 0 Å². The van der Waals surface area contributed by atoms with E-state index >= 15 is 0 Å². The first-order valence-electron chi connectivity index (χ1n) is 9.22. The molecule has 3 heteroatoms. The first-order chi connectivity index (χ1) is 13.9. The number of hydrogen-bond donors (Lipinski definition) is 0. The molecule has 3 heterocycles. The van der Waals surface area contributed by atoms with Gasteiger partial charge in [-0.1, -0.05) is 60.7 Å². The minimum Gasteiger partial charge on any atom is -0.256 e. The van der Waals surface area contributed by atoms with E-state index in [0.29, 0.717) is 0 Å². The smallest absolute Gasteiger partial charge is 0.0890 e. The van der Waals surface area contributed by atoms with Crippen LogP contribution in [0.25, 0.3) is 52.0 Å². The molecule has 28 heavy (non-hydrogen) atoms. The van der Waals surface area contributed by atoms with Crippen molar-refractivity contribution in [2.75, 3.05) is 0 Å². The molecule has 0 bridgehead atoms. The highest BCUT2D eigenvalue weighted by atomic mass is 32.2. The number of thiophene rings is 2. The van der Waals surface area contributed by atoms with E-state index in [1.54, 1.807) is 0 Å². The lowest BCUT2D eigenvalue weighted by atomic mass is 10.0. The van der Waals surface area contributed by atoms with Crippen LogP contribution >= 0.6 is 22.7 Å². The molecule has 0 saturated heterocycles. The maximum atomic E-state index is 4.64. The van der Waals surface area contributed by atoms with E-state index in [1.165, 1.54) is 46.3 Å². The standard InChI is InChI=1S/C25H15NS2/c1-2-6-16(7-3-1)17-12-13-26-21(14-17)18-10-11-20-23(15-18)28-25-24(20)19-8-4-5-9-22(19)27-25/h1-15H. The molecule has 3 aromatic carbocycles. The van der Waals surface area contributed by atoms with E-state index < -0.39 is 0 Å².